The van der Waals surface area contributed by atoms with Crippen LogP contribution in [0.25, 0.3) is 11.4 Å². The summed E-state index contributed by atoms with van der Waals surface area (Å²) in [6, 6.07) is 4.27. The van der Waals surface area contributed by atoms with Crippen LogP contribution in [0.3, 0.4) is 0 Å². The van der Waals surface area contributed by atoms with Crippen molar-refractivity contribution in [2.45, 2.75) is 39.5 Å². The molecule has 0 unspecified atom stereocenters. The Morgan fingerprint density at radius 2 is 1.80 bits per heavy atom. The van der Waals surface area contributed by atoms with Gasteiger partial charge in [-0.05, 0) is 79.0 Å². The van der Waals surface area contributed by atoms with Crippen LogP contribution >= 0.6 is 22.6 Å². The van der Waals surface area contributed by atoms with Crippen molar-refractivity contribution in [3.8, 4) is 11.4 Å². The van der Waals surface area contributed by atoms with E-state index in [4.69, 9.17) is 4.98 Å². The van der Waals surface area contributed by atoms with Crippen LogP contribution in [0.4, 0.5) is 0 Å². The van der Waals surface area contributed by atoms with Crippen LogP contribution in [0.15, 0.2) is 16.9 Å². The van der Waals surface area contributed by atoms with Crippen molar-refractivity contribution < 1.29 is 0 Å². The Kier molecular flexibility index (Phi) is 3.44. The van der Waals surface area contributed by atoms with Gasteiger partial charge in [0, 0.05) is 11.5 Å². The molecule has 1 aromatic heterocycles. The largest absolute Gasteiger partial charge is 0.306 e. The summed E-state index contributed by atoms with van der Waals surface area (Å²) in [4.78, 5) is 19.8. The van der Waals surface area contributed by atoms with Gasteiger partial charge in [0.25, 0.3) is 5.56 Å². The number of rotatable bonds is 2. The fourth-order valence-corrected chi connectivity index (χ4v) is 3.14. The zero-order chi connectivity index (χ0) is 14.4. The summed E-state index contributed by atoms with van der Waals surface area (Å²) in [5.74, 6) is 1.19. The van der Waals surface area contributed by atoms with E-state index in [2.05, 4.69) is 60.5 Å². The summed E-state index contributed by atoms with van der Waals surface area (Å²) in [6.45, 7) is 6.26. The number of hydrogen-bond donors (Lipinski definition) is 1. The van der Waals surface area contributed by atoms with E-state index < -0.39 is 0 Å². The number of benzene rings is 1. The quantitative estimate of drug-likeness (QED) is 0.805. The molecule has 0 radical (unpaired) electrons. The average molecular weight is 380 g/mol. The molecule has 0 aliphatic heterocycles. The molecular formula is C16H17IN2O. The lowest BCUT2D eigenvalue weighted by atomic mass is 10.0. The van der Waals surface area contributed by atoms with Crippen molar-refractivity contribution in [1.82, 2.24) is 9.97 Å². The van der Waals surface area contributed by atoms with E-state index in [0.717, 1.165) is 33.2 Å². The Bertz CT molecular complexity index is 745. The van der Waals surface area contributed by atoms with E-state index in [-0.39, 0.29) is 5.56 Å². The van der Waals surface area contributed by atoms with E-state index in [0.29, 0.717) is 11.7 Å². The van der Waals surface area contributed by atoms with Crippen LogP contribution in [0.1, 0.15) is 41.1 Å². The number of nitrogens with zero attached hydrogens (tertiary/aromatic N) is 1. The Labute approximate surface area is 132 Å². The van der Waals surface area contributed by atoms with Crippen LogP contribution < -0.4 is 5.56 Å². The van der Waals surface area contributed by atoms with Gasteiger partial charge in [-0.2, -0.15) is 0 Å². The van der Waals surface area contributed by atoms with Gasteiger partial charge in [0.05, 0.1) is 9.26 Å². The summed E-state index contributed by atoms with van der Waals surface area (Å²) < 4.78 is 0.746. The van der Waals surface area contributed by atoms with Gasteiger partial charge in [0.2, 0.25) is 0 Å². The van der Waals surface area contributed by atoms with Crippen molar-refractivity contribution in [3.63, 3.8) is 0 Å². The molecule has 0 amide bonds. The van der Waals surface area contributed by atoms with Gasteiger partial charge in [-0.3, -0.25) is 4.79 Å². The predicted molar refractivity (Wildman–Crippen MR) is 89.2 cm³/mol. The molecule has 20 heavy (non-hydrogen) atoms. The highest BCUT2D eigenvalue weighted by atomic mass is 127. The van der Waals surface area contributed by atoms with Crippen LogP contribution in [-0.4, -0.2) is 9.97 Å². The lowest BCUT2D eigenvalue weighted by Gasteiger charge is -2.11. The van der Waals surface area contributed by atoms with E-state index in [1.807, 2.05) is 0 Å². The standard InChI is InChI=1S/C16H17IN2O/c1-8-6-10(3)12(7-9(8)2)15-18-14(11-4-5-11)13(17)16(20)19-15/h6-7,11H,4-5H2,1-3H3,(H,18,19,20). The third-order valence-electron chi connectivity index (χ3n) is 3.95. The van der Waals surface area contributed by atoms with Crippen LogP contribution in [0, 0.1) is 24.3 Å². The Hall–Kier alpha value is -1.17. The first-order valence-electron chi connectivity index (χ1n) is 6.85. The molecule has 0 atom stereocenters. The fourth-order valence-electron chi connectivity index (χ4n) is 2.45. The predicted octanol–water partition coefficient (Wildman–Crippen LogP) is 3.84. The number of nitrogens with one attached hydrogen (secondary N) is 1. The third kappa shape index (κ3) is 2.41. The van der Waals surface area contributed by atoms with E-state index >= 15 is 0 Å². The van der Waals surface area contributed by atoms with Crippen molar-refractivity contribution >= 4 is 22.6 Å². The Balaban J connectivity index is 2.20. The van der Waals surface area contributed by atoms with Crippen LogP contribution in [-0.2, 0) is 0 Å². The molecule has 0 bridgehead atoms. The lowest BCUT2D eigenvalue weighted by molar-refractivity contribution is 0.956. The third-order valence-corrected chi connectivity index (χ3v) is 4.99. The molecule has 3 rings (SSSR count). The monoisotopic (exact) mass is 380 g/mol. The minimum Gasteiger partial charge on any atom is -0.306 e. The molecular weight excluding hydrogens is 363 g/mol. The SMILES string of the molecule is Cc1cc(C)c(-c2nc(C3CC3)c(I)c(=O)[nH]2)cc1C. The van der Waals surface area contributed by atoms with Gasteiger partial charge in [0.15, 0.2) is 0 Å². The van der Waals surface area contributed by atoms with Gasteiger partial charge in [-0.25, -0.2) is 4.98 Å². The van der Waals surface area contributed by atoms with Crippen LogP contribution in [0.2, 0.25) is 0 Å². The van der Waals surface area contributed by atoms with E-state index in [1.54, 1.807) is 0 Å². The fraction of sp³-hybridized carbons (Fsp3) is 0.375. The van der Waals surface area contributed by atoms with Gasteiger partial charge in [0.1, 0.15) is 5.82 Å². The number of aromatic amines is 1. The molecule has 1 saturated carbocycles. The number of H-pyrrole nitrogens is 1. The minimum absolute atomic E-state index is 0.0184. The van der Waals surface area contributed by atoms with Gasteiger partial charge in [-0.15, -0.1) is 0 Å². The summed E-state index contributed by atoms with van der Waals surface area (Å²) in [5.41, 5.74) is 5.63. The molecule has 3 nitrogen and oxygen atoms in total. The molecule has 0 saturated heterocycles. The molecule has 1 aliphatic rings. The van der Waals surface area contributed by atoms with E-state index in [1.165, 1.54) is 11.1 Å². The second-order valence-corrected chi connectivity index (χ2v) is 6.72. The number of halogens is 1. The molecule has 4 heteroatoms. The highest BCUT2D eigenvalue weighted by Crippen LogP contribution is 2.40. The maximum absolute atomic E-state index is 12.1. The van der Waals surface area contributed by atoms with Crippen molar-refractivity contribution in [2.75, 3.05) is 0 Å². The number of aromatic nitrogens is 2. The zero-order valence-electron chi connectivity index (χ0n) is 11.9. The smallest absolute Gasteiger partial charge is 0.264 e. The lowest BCUT2D eigenvalue weighted by Crippen LogP contribution is -2.16. The maximum Gasteiger partial charge on any atom is 0.264 e. The van der Waals surface area contributed by atoms with E-state index in [9.17, 15) is 4.79 Å². The molecule has 104 valence electrons. The van der Waals surface area contributed by atoms with Crippen molar-refractivity contribution in [1.29, 1.82) is 0 Å². The minimum atomic E-state index is -0.0184. The van der Waals surface area contributed by atoms with Gasteiger partial charge < -0.3 is 4.98 Å². The number of hydrogen-bond acceptors (Lipinski definition) is 2. The highest BCUT2D eigenvalue weighted by Gasteiger charge is 2.29. The van der Waals surface area contributed by atoms with Gasteiger partial charge in [-0.1, -0.05) is 6.07 Å². The molecule has 1 aliphatic carbocycles. The first kappa shape index (κ1) is 13.8. The number of aryl methyl sites for hydroxylation is 3. The second-order valence-electron chi connectivity index (χ2n) is 5.64. The molecule has 1 fully saturated rings. The second kappa shape index (κ2) is 4.98. The normalized spacial score (nSPS) is 14.6. The maximum atomic E-state index is 12.1. The molecule has 1 N–H and O–H groups in total. The molecule has 1 aromatic carbocycles. The van der Waals surface area contributed by atoms with Crippen molar-refractivity contribution in [2.24, 2.45) is 0 Å². The highest BCUT2D eigenvalue weighted by molar-refractivity contribution is 14.1. The summed E-state index contributed by atoms with van der Waals surface area (Å²) >= 11 is 2.11. The molecule has 2 aromatic rings. The molecule has 0 spiro atoms. The van der Waals surface area contributed by atoms with Gasteiger partial charge >= 0.3 is 0 Å². The average Bonchev–Trinajstić information content (AvgIpc) is 3.21. The summed E-state index contributed by atoms with van der Waals surface area (Å²) in [5, 5.41) is 0. The first-order chi connectivity index (χ1) is 9.47. The van der Waals surface area contributed by atoms with Crippen molar-refractivity contribution in [3.05, 3.63) is 48.4 Å². The topological polar surface area (TPSA) is 45.8 Å². The Morgan fingerprint density at radius 3 is 2.45 bits per heavy atom. The summed E-state index contributed by atoms with van der Waals surface area (Å²) in [7, 11) is 0. The first-order valence-corrected chi connectivity index (χ1v) is 7.93. The Morgan fingerprint density at radius 1 is 1.15 bits per heavy atom. The molecule has 1 heterocycles. The zero-order valence-corrected chi connectivity index (χ0v) is 14.0. The van der Waals surface area contributed by atoms with Crippen LogP contribution in [0.5, 0.6) is 0 Å². The summed E-state index contributed by atoms with van der Waals surface area (Å²) in [6.07, 6.45) is 2.30.